The molecule has 1 heterocycles. The third-order valence-corrected chi connectivity index (χ3v) is 4.92. The third kappa shape index (κ3) is 4.36. The molecule has 0 aliphatic heterocycles. The number of hydrogen-bond donors (Lipinski definition) is 1. The number of benzene rings is 3. The van der Waals surface area contributed by atoms with Gasteiger partial charge in [-0.05, 0) is 48.0 Å². The van der Waals surface area contributed by atoms with Gasteiger partial charge in [0, 0.05) is 16.3 Å². The molecule has 0 aliphatic rings. The van der Waals surface area contributed by atoms with Crippen LogP contribution in [0, 0.1) is 0 Å². The predicted molar refractivity (Wildman–Crippen MR) is 115 cm³/mol. The lowest BCUT2D eigenvalue weighted by atomic mass is 10.1. The highest BCUT2D eigenvalue weighted by molar-refractivity contribution is 6.32. The van der Waals surface area contributed by atoms with Gasteiger partial charge in [0.1, 0.15) is 11.8 Å². The molecule has 0 saturated carbocycles. The highest BCUT2D eigenvalue weighted by atomic mass is 35.5. The standard InChI is InChI=1S/C22H17Cl2N3O2/c1-28-19-12-11-17(13-18(19)24)25-20(14-7-9-16(23)10-8-14)22-27-26-21(29-22)15-5-3-2-4-6-15/h2-13,20,25H,1H3/t20-/m1/s1. The summed E-state index contributed by atoms with van der Waals surface area (Å²) in [5, 5.41) is 13.0. The maximum absolute atomic E-state index is 6.28. The van der Waals surface area contributed by atoms with E-state index in [9.17, 15) is 0 Å². The van der Waals surface area contributed by atoms with Gasteiger partial charge < -0.3 is 14.5 Å². The molecule has 0 unspecified atom stereocenters. The lowest BCUT2D eigenvalue weighted by molar-refractivity contribution is 0.415. The Bertz CT molecular complexity index is 1100. The molecule has 1 atom stereocenters. The Morgan fingerprint density at radius 1 is 0.931 bits per heavy atom. The van der Waals surface area contributed by atoms with E-state index in [2.05, 4.69) is 15.5 Å². The molecule has 0 bridgehead atoms. The fourth-order valence-corrected chi connectivity index (χ4v) is 3.30. The van der Waals surface area contributed by atoms with Crippen molar-refractivity contribution in [2.24, 2.45) is 0 Å². The van der Waals surface area contributed by atoms with Crippen molar-refractivity contribution in [1.82, 2.24) is 10.2 Å². The normalized spacial score (nSPS) is 11.8. The first-order valence-electron chi connectivity index (χ1n) is 8.88. The Morgan fingerprint density at radius 2 is 1.69 bits per heavy atom. The first-order chi connectivity index (χ1) is 14.1. The SMILES string of the molecule is COc1ccc(N[C@H](c2ccc(Cl)cc2)c2nnc(-c3ccccc3)o2)cc1Cl. The molecule has 3 aromatic carbocycles. The number of rotatable bonds is 6. The summed E-state index contributed by atoms with van der Waals surface area (Å²) in [6, 6.07) is 22.2. The molecule has 4 aromatic rings. The molecule has 0 saturated heterocycles. The fraction of sp³-hybridized carbons (Fsp3) is 0.0909. The van der Waals surface area contributed by atoms with E-state index in [0.29, 0.717) is 27.6 Å². The Labute approximate surface area is 178 Å². The van der Waals surface area contributed by atoms with Crippen molar-refractivity contribution in [3.8, 4) is 17.2 Å². The van der Waals surface area contributed by atoms with Gasteiger partial charge in [-0.2, -0.15) is 0 Å². The Kier molecular flexibility index (Phi) is 5.69. The molecule has 4 rings (SSSR count). The zero-order valence-corrected chi connectivity index (χ0v) is 17.0. The third-order valence-electron chi connectivity index (χ3n) is 4.37. The highest BCUT2D eigenvalue weighted by Gasteiger charge is 2.22. The van der Waals surface area contributed by atoms with Gasteiger partial charge in [-0.15, -0.1) is 10.2 Å². The summed E-state index contributed by atoms with van der Waals surface area (Å²) in [6.45, 7) is 0. The minimum absolute atomic E-state index is 0.387. The molecule has 0 aliphatic carbocycles. The van der Waals surface area contributed by atoms with E-state index in [1.165, 1.54) is 0 Å². The number of nitrogens with zero attached hydrogens (tertiary/aromatic N) is 2. The van der Waals surface area contributed by atoms with Gasteiger partial charge in [0.25, 0.3) is 0 Å². The summed E-state index contributed by atoms with van der Waals surface area (Å²) < 4.78 is 11.2. The maximum atomic E-state index is 6.28. The average Bonchev–Trinajstić information content (AvgIpc) is 3.23. The fourth-order valence-electron chi connectivity index (χ4n) is 2.91. The maximum Gasteiger partial charge on any atom is 0.247 e. The number of halogens is 2. The van der Waals surface area contributed by atoms with Crippen molar-refractivity contribution in [3.63, 3.8) is 0 Å². The molecular weight excluding hydrogens is 409 g/mol. The van der Waals surface area contributed by atoms with Gasteiger partial charge in [-0.25, -0.2) is 0 Å². The summed E-state index contributed by atoms with van der Waals surface area (Å²) in [4.78, 5) is 0. The number of anilines is 1. The lowest BCUT2D eigenvalue weighted by Crippen LogP contribution is -2.13. The van der Waals surface area contributed by atoms with E-state index in [1.54, 1.807) is 19.2 Å². The second-order valence-electron chi connectivity index (χ2n) is 6.29. The number of methoxy groups -OCH3 is 1. The summed E-state index contributed by atoms with van der Waals surface area (Å²) in [5.41, 5.74) is 2.56. The molecule has 0 amide bonds. The van der Waals surface area contributed by atoms with E-state index >= 15 is 0 Å². The first kappa shape index (κ1) is 19.3. The van der Waals surface area contributed by atoms with Crippen molar-refractivity contribution in [2.75, 3.05) is 12.4 Å². The Morgan fingerprint density at radius 3 is 2.38 bits per heavy atom. The molecule has 0 radical (unpaired) electrons. The van der Waals surface area contributed by atoms with Gasteiger partial charge in [-0.1, -0.05) is 53.5 Å². The van der Waals surface area contributed by atoms with Crippen molar-refractivity contribution >= 4 is 28.9 Å². The van der Waals surface area contributed by atoms with Crippen LogP contribution in [-0.4, -0.2) is 17.3 Å². The molecule has 1 aromatic heterocycles. The number of aromatic nitrogens is 2. The van der Waals surface area contributed by atoms with Gasteiger partial charge >= 0.3 is 0 Å². The molecular formula is C22H17Cl2N3O2. The Hall–Kier alpha value is -3.02. The van der Waals surface area contributed by atoms with Crippen LogP contribution < -0.4 is 10.1 Å². The summed E-state index contributed by atoms with van der Waals surface area (Å²) in [5.74, 6) is 1.48. The van der Waals surface area contributed by atoms with E-state index < -0.39 is 0 Å². The monoisotopic (exact) mass is 425 g/mol. The minimum Gasteiger partial charge on any atom is -0.495 e. The van der Waals surface area contributed by atoms with E-state index in [4.69, 9.17) is 32.4 Å². The predicted octanol–water partition coefficient (Wildman–Crippen LogP) is 6.25. The van der Waals surface area contributed by atoms with Crippen LogP contribution in [0.3, 0.4) is 0 Å². The van der Waals surface area contributed by atoms with Crippen LogP contribution in [0.15, 0.2) is 77.2 Å². The zero-order chi connectivity index (χ0) is 20.2. The number of hydrogen-bond acceptors (Lipinski definition) is 5. The molecule has 7 heteroatoms. The van der Waals surface area contributed by atoms with Crippen molar-refractivity contribution < 1.29 is 9.15 Å². The first-order valence-corrected chi connectivity index (χ1v) is 9.64. The largest absolute Gasteiger partial charge is 0.495 e. The summed E-state index contributed by atoms with van der Waals surface area (Å²) in [7, 11) is 1.58. The molecule has 146 valence electrons. The van der Waals surface area contributed by atoms with Crippen LogP contribution in [0.4, 0.5) is 5.69 Å². The summed E-state index contributed by atoms with van der Waals surface area (Å²) >= 11 is 12.3. The Balaban J connectivity index is 1.70. The molecule has 29 heavy (non-hydrogen) atoms. The zero-order valence-electron chi connectivity index (χ0n) is 15.5. The lowest BCUT2D eigenvalue weighted by Gasteiger charge is -2.18. The van der Waals surface area contributed by atoms with Gasteiger partial charge in [0.15, 0.2) is 0 Å². The van der Waals surface area contributed by atoms with Crippen molar-refractivity contribution in [2.45, 2.75) is 6.04 Å². The van der Waals surface area contributed by atoms with Crippen LogP contribution in [-0.2, 0) is 0 Å². The van der Waals surface area contributed by atoms with Crippen LogP contribution in [0.1, 0.15) is 17.5 Å². The molecule has 0 fully saturated rings. The number of nitrogens with one attached hydrogen (secondary N) is 1. The van der Waals surface area contributed by atoms with E-state index in [-0.39, 0.29) is 6.04 Å². The van der Waals surface area contributed by atoms with Crippen molar-refractivity contribution in [1.29, 1.82) is 0 Å². The van der Waals surface area contributed by atoms with Gasteiger partial charge in [0.2, 0.25) is 11.8 Å². The van der Waals surface area contributed by atoms with Crippen LogP contribution >= 0.6 is 23.2 Å². The summed E-state index contributed by atoms with van der Waals surface area (Å²) in [6.07, 6.45) is 0. The topological polar surface area (TPSA) is 60.2 Å². The van der Waals surface area contributed by atoms with Gasteiger partial charge in [-0.3, -0.25) is 0 Å². The highest BCUT2D eigenvalue weighted by Crippen LogP contribution is 2.32. The average molecular weight is 426 g/mol. The van der Waals surface area contributed by atoms with E-state index in [0.717, 1.165) is 16.8 Å². The minimum atomic E-state index is -0.387. The molecule has 0 spiro atoms. The smallest absolute Gasteiger partial charge is 0.247 e. The second kappa shape index (κ2) is 8.55. The van der Waals surface area contributed by atoms with Crippen LogP contribution in [0.25, 0.3) is 11.5 Å². The van der Waals surface area contributed by atoms with Gasteiger partial charge in [0.05, 0.1) is 12.1 Å². The van der Waals surface area contributed by atoms with Crippen LogP contribution in [0.5, 0.6) is 5.75 Å². The van der Waals surface area contributed by atoms with E-state index in [1.807, 2.05) is 60.7 Å². The van der Waals surface area contributed by atoms with Crippen molar-refractivity contribution in [3.05, 3.63) is 94.3 Å². The molecule has 1 N–H and O–H groups in total. The van der Waals surface area contributed by atoms with Crippen LogP contribution in [0.2, 0.25) is 10.0 Å². The molecule has 5 nitrogen and oxygen atoms in total. The second-order valence-corrected chi connectivity index (χ2v) is 7.13. The quantitative estimate of drug-likeness (QED) is 0.395. The number of ether oxygens (including phenoxy) is 1.